The standard InChI is InChI=1S/2C3H6O2.2C3H5.Sn/c2*1-2-3(4)5;2*1-3-2;/h2*2H2,1H3,(H,4,5);2*3H,1-2H2;/q;;;;+2/p-2. The molecule has 0 spiro atoms. The minimum absolute atomic E-state index is 0.274. The van der Waals surface area contributed by atoms with Gasteiger partial charge in [0.1, 0.15) is 0 Å². The fourth-order valence-electron chi connectivity index (χ4n) is 1.27. The molecular formula is C12H20O4Sn. The molecule has 0 aromatic carbocycles. The Morgan fingerprint density at radius 3 is 1.59 bits per heavy atom. The van der Waals surface area contributed by atoms with Crippen molar-refractivity contribution in [1.82, 2.24) is 0 Å². The summed E-state index contributed by atoms with van der Waals surface area (Å²) in [5, 5.41) is 0. The van der Waals surface area contributed by atoms with E-state index in [1.165, 1.54) is 0 Å². The maximum absolute atomic E-state index is 11.4. The molecule has 0 aromatic rings. The van der Waals surface area contributed by atoms with Crippen LogP contribution in [0.4, 0.5) is 0 Å². The van der Waals surface area contributed by atoms with Crippen molar-refractivity contribution in [3.63, 3.8) is 0 Å². The molecule has 0 bridgehead atoms. The van der Waals surface area contributed by atoms with Crippen LogP contribution >= 0.6 is 0 Å². The van der Waals surface area contributed by atoms with Gasteiger partial charge in [0.2, 0.25) is 0 Å². The van der Waals surface area contributed by atoms with Crippen molar-refractivity contribution >= 4 is 31.1 Å². The number of carbonyl (C=O) groups is 2. The molecule has 0 aliphatic heterocycles. The molecule has 0 aromatic heterocycles. The fourth-order valence-corrected chi connectivity index (χ4v) is 8.52. The summed E-state index contributed by atoms with van der Waals surface area (Å²) in [5.41, 5.74) is 0. The summed E-state index contributed by atoms with van der Waals surface area (Å²) in [5.74, 6) is -0.651. The van der Waals surface area contributed by atoms with E-state index in [9.17, 15) is 9.59 Å². The first-order valence-corrected chi connectivity index (χ1v) is 12.1. The number of carbonyl (C=O) groups excluding carboxylic acids is 2. The van der Waals surface area contributed by atoms with E-state index in [1.54, 1.807) is 26.0 Å². The van der Waals surface area contributed by atoms with Crippen LogP contribution in [0.1, 0.15) is 26.7 Å². The van der Waals surface area contributed by atoms with Crippen molar-refractivity contribution in [1.29, 1.82) is 0 Å². The van der Waals surface area contributed by atoms with Crippen LogP contribution in [-0.2, 0) is 15.7 Å². The van der Waals surface area contributed by atoms with E-state index >= 15 is 0 Å². The third-order valence-corrected chi connectivity index (χ3v) is 10.7. The van der Waals surface area contributed by atoms with Gasteiger partial charge in [0.15, 0.2) is 0 Å². The van der Waals surface area contributed by atoms with Gasteiger partial charge in [-0.3, -0.25) is 0 Å². The molecule has 0 heterocycles. The Labute approximate surface area is 108 Å². The quantitative estimate of drug-likeness (QED) is 0.501. The van der Waals surface area contributed by atoms with Gasteiger partial charge in [0.25, 0.3) is 0 Å². The van der Waals surface area contributed by atoms with Crippen molar-refractivity contribution in [3.05, 3.63) is 25.3 Å². The Kier molecular flexibility index (Phi) is 7.95. The van der Waals surface area contributed by atoms with Crippen LogP contribution in [-0.4, -0.2) is 31.1 Å². The van der Waals surface area contributed by atoms with Crippen molar-refractivity contribution in [2.45, 2.75) is 35.6 Å². The van der Waals surface area contributed by atoms with Crippen molar-refractivity contribution in [3.8, 4) is 0 Å². The molecule has 0 unspecified atom stereocenters. The van der Waals surface area contributed by atoms with Crippen LogP contribution in [0.25, 0.3) is 0 Å². The Morgan fingerprint density at radius 2 is 1.35 bits per heavy atom. The molecule has 0 saturated carbocycles. The van der Waals surface area contributed by atoms with Crippen molar-refractivity contribution in [2.24, 2.45) is 0 Å². The molecule has 0 atom stereocenters. The van der Waals surface area contributed by atoms with Gasteiger partial charge < -0.3 is 0 Å². The van der Waals surface area contributed by atoms with E-state index in [4.69, 9.17) is 6.15 Å². The molecule has 0 N–H and O–H groups in total. The Hall–Kier alpha value is -0.781. The minimum atomic E-state index is -3.72. The topological polar surface area (TPSA) is 52.6 Å². The first kappa shape index (κ1) is 16.2. The van der Waals surface area contributed by atoms with Crippen LogP contribution in [0.5, 0.6) is 0 Å². The summed E-state index contributed by atoms with van der Waals surface area (Å²) in [7, 11) is 0. The second-order valence-corrected chi connectivity index (χ2v) is 12.2. The summed E-state index contributed by atoms with van der Waals surface area (Å²) in [6.07, 6.45) is 3.84. The van der Waals surface area contributed by atoms with Gasteiger partial charge in [-0.2, -0.15) is 0 Å². The molecule has 5 heteroatoms. The van der Waals surface area contributed by atoms with E-state index < -0.39 is 19.2 Å². The first-order valence-electron chi connectivity index (χ1n) is 5.69. The van der Waals surface area contributed by atoms with Gasteiger partial charge in [-0.05, 0) is 0 Å². The molecule has 0 rings (SSSR count). The van der Waals surface area contributed by atoms with Gasteiger partial charge in [-0.15, -0.1) is 0 Å². The monoisotopic (exact) mass is 348 g/mol. The van der Waals surface area contributed by atoms with Gasteiger partial charge >= 0.3 is 108 Å². The Morgan fingerprint density at radius 1 is 1.00 bits per heavy atom. The second kappa shape index (κ2) is 8.33. The SMILES string of the molecule is C=C[CH2][Sn]([CH2]C=C)([O]C(=O)CC)[O]C(=O)CC. The molecule has 0 radical (unpaired) electrons. The summed E-state index contributed by atoms with van der Waals surface area (Å²) in [6, 6.07) is 0. The van der Waals surface area contributed by atoms with E-state index in [0.29, 0.717) is 8.87 Å². The molecule has 0 aliphatic rings. The molecular weight excluding hydrogens is 327 g/mol. The first-order chi connectivity index (χ1) is 8.03. The van der Waals surface area contributed by atoms with Gasteiger partial charge in [-0.1, -0.05) is 0 Å². The van der Waals surface area contributed by atoms with Crippen LogP contribution < -0.4 is 0 Å². The average molecular weight is 347 g/mol. The summed E-state index contributed by atoms with van der Waals surface area (Å²) >= 11 is -3.72. The van der Waals surface area contributed by atoms with Gasteiger partial charge in [0.05, 0.1) is 0 Å². The number of hydrogen-bond acceptors (Lipinski definition) is 4. The summed E-state index contributed by atoms with van der Waals surface area (Å²) < 4.78 is 11.8. The molecule has 0 aliphatic carbocycles. The zero-order chi connectivity index (χ0) is 13.3. The van der Waals surface area contributed by atoms with Crippen LogP contribution in [0.2, 0.25) is 8.87 Å². The van der Waals surface area contributed by atoms with E-state index in [2.05, 4.69) is 13.2 Å². The number of allylic oxidation sites excluding steroid dienone is 2. The fraction of sp³-hybridized carbons (Fsp3) is 0.500. The van der Waals surface area contributed by atoms with Crippen molar-refractivity contribution in [2.75, 3.05) is 0 Å². The molecule has 17 heavy (non-hydrogen) atoms. The van der Waals surface area contributed by atoms with E-state index in [0.717, 1.165) is 0 Å². The zero-order valence-electron chi connectivity index (χ0n) is 10.5. The van der Waals surface area contributed by atoms with E-state index in [1.807, 2.05) is 0 Å². The average Bonchev–Trinajstić information content (AvgIpc) is 2.29. The van der Waals surface area contributed by atoms with Gasteiger partial charge in [-0.25, -0.2) is 0 Å². The zero-order valence-corrected chi connectivity index (χ0v) is 13.4. The third-order valence-electron chi connectivity index (χ3n) is 2.09. The Balaban J connectivity index is 4.94. The Bertz CT molecular complexity index is 269. The van der Waals surface area contributed by atoms with Crippen LogP contribution in [0.15, 0.2) is 25.3 Å². The van der Waals surface area contributed by atoms with Gasteiger partial charge in [0, 0.05) is 0 Å². The predicted molar refractivity (Wildman–Crippen MR) is 68.5 cm³/mol. The second-order valence-electron chi connectivity index (χ2n) is 3.55. The van der Waals surface area contributed by atoms with E-state index in [-0.39, 0.29) is 24.8 Å². The molecule has 96 valence electrons. The number of hydrogen-bond donors (Lipinski definition) is 0. The predicted octanol–water partition coefficient (Wildman–Crippen LogP) is 2.71. The maximum atomic E-state index is 11.4. The third kappa shape index (κ3) is 5.91. The summed E-state index contributed by atoms with van der Waals surface area (Å²) in [4.78, 5) is 22.8. The molecule has 0 fully saturated rings. The molecule has 0 saturated heterocycles. The molecule has 0 amide bonds. The number of rotatable bonds is 8. The van der Waals surface area contributed by atoms with Crippen LogP contribution in [0, 0.1) is 0 Å². The molecule has 4 nitrogen and oxygen atoms in total. The summed E-state index contributed by atoms with van der Waals surface area (Å²) in [6.45, 7) is 10.7. The normalized spacial score (nSPS) is 10.5. The van der Waals surface area contributed by atoms with Crippen LogP contribution in [0.3, 0.4) is 0 Å². The van der Waals surface area contributed by atoms with Crippen molar-refractivity contribution < 1.29 is 15.7 Å².